The van der Waals surface area contributed by atoms with Gasteiger partial charge in [0.2, 0.25) is 0 Å². The number of benzene rings is 1. The molecule has 0 aliphatic carbocycles. The van der Waals surface area contributed by atoms with Gasteiger partial charge in [0.05, 0.1) is 11.6 Å². The van der Waals surface area contributed by atoms with Gasteiger partial charge in [-0.3, -0.25) is 0 Å². The Balaban J connectivity index is 0.000000921. The molecule has 2 nitrogen and oxygen atoms in total. The molecule has 0 atom stereocenters. The van der Waals surface area contributed by atoms with Crippen LogP contribution in [0.4, 0.5) is 0 Å². The minimum absolute atomic E-state index is 0.750. The summed E-state index contributed by atoms with van der Waals surface area (Å²) in [6.45, 7) is 10.2. The third kappa shape index (κ3) is 5.27. The maximum absolute atomic E-state index is 8.95. The summed E-state index contributed by atoms with van der Waals surface area (Å²) in [5.41, 5.74) is 3.34. The lowest BCUT2D eigenvalue weighted by Crippen LogP contribution is -1.84. The van der Waals surface area contributed by atoms with Crippen molar-refractivity contribution in [3.8, 4) is 6.07 Å². The van der Waals surface area contributed by atoms with Crippen LogP contribution < -0.4 is 0 Å². The maximum Gasteiger partial charge on any atom is 0.0991 e. The Bertz CT molecular complexity index is 559. The van der Waals surface area contributed by atoms with Gasteiger partial charge >= 0.3 is 0 Å². The fraction of sp³-hybridized carbons (Fsp3) is 0.526. The number of hydrogen-bond donors (Lipinski definition) is 0. The summed E-state index contributed by atoms with van der Waals surface area (Å²) in [7, 11) is 2.07. The molecule has 116 valence electrons. The minimum atomic E-state index is 0.750. The number of rotatable bonds is 4. The molecule has 0 N–H and O–H groups in total. The summed E-state index contributed by atoms with van der Waals surface area (Å²) >= 11 is 0. The van der Waals surface area contributed by atoms with Gasteiger partial charge in [-0.1, -0.05) is 47.5 Å². The number of aryl methyl sites for hydroxylation is 2. The molecule has 1 aromatic heterocycles. The number of nitriles is 1. The van der Waals surface area contributed by atoms with Gasteiger partial charge < -0.3 is 4.57 Å². The van der Waals surface area contributed by atoms with Crippen molar-refractivity contribution in [1.29, 1.82) is 5.26 Å². The number of nitrogens with zero attached hydrogens (tertiary/aromatic N) is 2. The number of unbranched alkanes of at least 4 members (excludes halogenated alkanes) is 2. The Morgan fingerprint density at radius 1 is 1.10 bits per heavy atom. The number of aromatic nitrogens is 1. The molecule has 0 aliphatic heterocycles. The van der Waals surface area contributed by atoms with E-state index in [4.69, 9.17) is 5.26 Å². The van der Waals surface area contributed by atoms with Crippen molar-refractivity contribution in [2.45, 2.75) is 60.3 Å². The highest BCUT2D eigenvalue weighted by atomic mass is 14.9. The van der Waals surface area contributed by atoms with Crippen molar-refractivity contribution in [2.24, 2.45) is 7.05 Å². The zero-order valence-electron chi connectivity index (χ0n) is 14.5. The Kier molecular flexibility index (Phi) is 10.1. The molecule has 0 fully saturated rings. The summed E-state index contributed by atoms with van der Waals surface area (Å²) in [4.78, 5) is 0. The van der Waals surface area contributed by atoms with Crippen molar-refractivity contribution < 1.29 is 0 Å². The average molecular weight is 286 g/mol. The van der Waals surface area contributed by atoms with Crippen LogP contribution >= 0.6 is 0 Å². The van der Waals surface area contributed by atoms with Gasteiger partial charge in [0.25, 0.3) is 0 Å². The van der Waals surface area contributed by atoms with Crippen LogP contribution in [0.3, 0.4) is 0 Å². The minimum Gasteiger partial charge on any atom is -0.350 e. The van der Waals surface area contributed by atoms with Gasteiger partial charge in [-0.15, -0.1) is 0 Å². The standard InChI is InChI=1S/C15H18N2.2C2H6/c1-3-4-5-6-13-11-17(2)15-8-7-12(10-16)9-14(13)15;2*1-2/h7-9,11H,3-6H2,1-2H3;2*1-2H3. The molecule has 0 amide bonds. The zero-order chi connectivity index (χ0) is 16.3. The van der Waals surface area contributed by atoms with Crippen LogP contribution in [0, 0.1) is 11.3 Å². The van der Waals surface area contributed by atoms with Crippen LogP contribution in [0.5, 0.6) is 0 Å². The molecule has 0 saturated carbocycles. The van der Waals surface area contributed by atoms with E-state index in [1.54, 1.807) is 0 Å². The van der Waals surface area contributed by atoms with Crippen LogP contribution in [-0.2, 0) is 13.5 Å². The summed E-state index contributed by atoms with van der Waals surface area (Å²) in [6, 6.07) is 8.15. The van der Waals surface area contributed by atoms with E-state index in [0.29, 0.717) is 0 Å². The first-order valence-corrected chi connectivity index (χ1v) is 8.24. The van der Waals surface area contributed by atoms with E-state index in [1.807, 2.05) is 45.9 Å². The second-order valence-electron chi connectivity index (χ2n) is 4.57. The van der Waals surface area contributed by atoms with Crippen molar-refractivity contribution >= 4 is 10.9 Å². The van der Waals surface area contributed by atoms with E-state index in [2.05, 4.69) is 30.8 Å². The largest absolute Gasteiger partial charge is 0.350 e. The van der Waals surface area contributed by atoms with Gasteiger partial charge in [0.1, 0.15) is 0 Å². The van der Waals surface area contributed by atoms with Crippen LogP contribution in [-0.4, -0.2) is 4.57 Å². The van der Waals surface area contributed by atoms with Gasteiger partial charge in [0.15, 0.2) is 0 Å². The fourth-order valence-corrected chi connectivity index (χ4v) is 2.31. The van der Waals surface area contributed by atoms with E-state index in [-0.39, 0.29) is 0 Å². The molecule has 0 saturated heterocycles. The summed E-state index contributed by atoms with van der Waals surface area (Å²) in [5.74, 6) is 0. The Morgan fingerprint density at radius 2 is 1.76 bits per heavy atom. The molecule has 21 heavy (non-hydrogen) atoms. The highest BCUT2D eigenvalue weighted by Crippen LogP contribution is 2.23. The Morgan fingerprint density at radius 3 is 2.33 bits per heavy atom. The predicted molar refractivity (Wildman–Crippen MR) is 93.6 cm³/mol. The fourth-order valence-electron chi connectivity index (χ4n) is 2.31. The zero-order valence-corrected chi connectivity index (χ0v) is 14.5. The molecular weight excluding hydrogens is 256 g/mol. The molecule has 2 rings (SSSR count). The first-order valence-electron chi connectivity index (χ1n) is 8.24. The second kappa shape index (κ2) is 11.0. The van der Waals surface area contributed by atoms with Crippen molar-refractivity contribution in [3.05, 3.63) is 35.5 Å². The van der Waals surface area contributed by atoms with E-state index >= 15 is 0 Å². The summed E-state index contributed by atoms with van der Waals surface area (Å²) in [6.07, 6.45) is 7.05. The molecule has 0 aliphatic rings. The second-order valence-corrected chi connectivity index (χ2v) is 4.57. The molecule has 1 heterocycles. The highest BCUT2D eigenvalue weighted by molar-refractivity contribution is 5.85. The first-order chi connectivity index (χ1) is 10.3. The van der Waals surface area contributed by atoms with E-state index in [0.717, 1.165) is 12.0 Å². The maximum atomic E-state index is 8.95. The SMILES string of the molecule is CC.CC.CCCCCc1cn(C)c2ccc(C#N)cc12. The van der Waals surface area contributed by atoms with E-state index in [9.17, 15) is 0 Å². The molecule has 0 spiro atoms. The van der Waals surface area contributed by atoms with Crippen molar-refractivity contribution in [2.75, 3.05) is 0 Å². The van der Waals surface area contributed by atoms with Gasteiger partial charge in [0, 0.05) is 24.1 Å². The number of hydrogen-bond acceptors (Lipinski definition) is 1. The quantitative estimate of drug-likeness (QED) is 0.649. The van der Waals surface area contributed by atoms with Crippen LogP contribution in [0.15, 0.2) is 24.4 Å². The normalized spacial score (nSPS) is 9.19. The van der Waals surface area contributed by atoms with Crippen molar-refractivity contribution in [1.82, 2.24) is 4.57 Å². The van der Waals surface area contributed by atoms with Crippen LogP contribution in [0.2, 0.25) is 0 Å². The molecule has 1 aromatic carbocycles. The third-order valence-corrected chi connectivity index (χ3v) is 3.25. The molecule has 0 unspecified atom stereocenters. The van der Waals surface area contributed by atoms with E-state index in [1.165, 1.54) is 35.7 Å². The van der Waals surface area contributed by atoms with Gasteiger partial charge in [-0.2, -0.15) is 5.26 Å². The lowest BCUT2D eigenvalue weighted by atomic mass is 10.0. The van der Waals surface area contributed by atoms with Gasteiger partial charge in [-0.25, -0.2) is 0 Å². The lowest BCUT2D eigenvalue weighted by molar-refractivity contribution is 0.718. The molecule has 2 heteroatoms. The Labute approximate surface area is 130 Å². The topological polar surface area (TPSA) is 28.7 Å². The lowest BCUT2D eigenvalue weighted by Gasteiger charge is -1.98. The summed E-state index contributed by atoms with van der Waals surface area (Å²) in [5, 5.41) is 10.2. The third-order valence-electron chi connectivity index (χ3n) is 3.25. The molecule has 0 radical (unpaired) electrons. The smallest absolute Gasteiger partial charge is 0.0991 e. The van der Waals surface area contributed by atoms with Crippen LogP contribution in [0.25, 0.3) is 10.9 Å². The van der Waals surface area contributed by atoms with E-state index < -0.39 is 0 Å². The Hall–Kier alpha value is -1.75. The molecule has 0 bridgehead atoms. The molecular formula is C19H30N2. The monoisotopic (exact) mass is 286 g/mol. The average Bonchev–Trinajstić information content (AvgIpc) is 2.87. The summed E-state index contributed by atoms with van der Waals surface area (Å²) < 4.78 is 2.15. The number of fused-ring (bicyclic) bond motifs is 1. The predicted octanol–water partition coefficient (Wildman–Crippen LogP) is 5.84. The van der Waals surface area contributed by atoms with Crippen molar-refractivity contribution in [3.63, 3.8) is 0 Å². The first kappa shape index (κ1) is 19.2. The van der Waals surface area contributed by atoms with Gasteiger partial charge in [-0.05, 0) is 36.6 Å². The molecule has 2 aromatic rings. The highest BCUT2D eigenvalue weighted by Gasteiger charge is 2.06. The van der Waals surface area contributed by atoms with Crippen LogP contribution in [0.1, 0.15) is 65.0 Å².